The van der Waals surface area contributed by atoms with Crippen LogP contribution in [0.1, 0.15) is 6.42 Å². The molecule has 0 saturated carbocycles. The van der Waals surface area contributed by atoms with Gasteiger partial charge >= 0.3 is 17.9 Å². The molecule has 0 aliphatic heterocycles. The van der Waals surface area contributed by atoms with E-state index in [-0.39, 0.29) is 0 Å². The molecule has 0 amide bonds. The van der Waals surface area contributed by atoms with Gasteiger partial charge in [0, 0.05) is 0 Å². The monoisotopic (exact) mass is 192 g/mol. The molecular formula is C6H9NO6. The Kier molecular flexibility index (Phi) is 3.21. The highest BCUT2D eigenvalue weighted by atomic mass is 16.4. The fraction of sp³-hybridized carbons (Fsp3) is 0.500. The average Bonchev–Trinajstić information content (AvgIpc) is 2.11. The van der Waals surface area contributed by atoms with Gasteiger partial charge in [0.05, 0.1) is 0 Å². The number of carbonyl (C=O) groups is 3. The molecule has 0 bridgehead atoms. The summed E-state index contributed by atoms with van der Waals surface area (Å²) in [4.78, 5) is 31.3. The minimum atomic E-state index is -1.72. The molecule has 0 spiro atoms. The Morgan fingerprint density at radius 1 is 1.23 bits per heavy atom. The van der Waals surface area contributed by atoms with E-state index in [1.54, 1.807) is 0 Å². The van der Waals surface area contributed by atoms with Crippen molar-refractivity contribution in [2.24, 2.45) is 11.7 Å². The summed E-state index contributed by atoms with van der Waals surface area (Å²) in [6, 6.07) is -1.48. The maximum absolute atomic E-state index is 10.7. The maximum Gasteiger partial charge on any atom is 0.320 e. The minimum absolute atomic E-state index is 0.609. The molecule has 13 heavy (non-hydrogen) atoms. The molecule has 0 aliphatic rings. The van der Waals surface area contributed by atoms with E-state index in [9.17, 15) is 14.4 Å². The summed E-state index contributed by atoms with van der Waals surface area (Å²) in [6.45, 7) is 0. The van der Waals surface area contributed by atoms with Crippen molar-refractivity contribution in [3.63, 3.8) is 0 Å². The van der Waals surface area contributed by atoms with E-state index in [1.807, 2.05) is 0 Å². The topological polar surface area (TPSA) is 138 Å². The van der Waals surface area contributed by atoms with Crippen molar-refractivity contribution in [2.75, 3.05) is 0 Å². The molecular weight excluding hydrogens is 182 g/mol. The number of carboxylic acids is 3. The zero-order valence-electron chi connectivity index (χ0n) is 7.47. The Balaban J connectivity index is 4.46. The number of carboxylic acid groups (broad SMARTS) is 3. The second kappa shape index (κ2) is 4.41. The highest BCUT2D eigenvalue weighted by molar-refractivity contribution is 5.93. The quantitative estimate of drug-likeness (QED) is 0.392. The molecule has 74 valence electrons. The molecule has 0 radical (unpaired) electrons. The highest BCUT2D eigenvalue weighted by Crippen LogP contribution is 2.06. The van der Waals surface area contributed by atoms with E-state index in [1.165, 1.54) is 0 Å². The summed E-state index contributed by atoms with van der Waals surface area (Å²) in [6.07, 6.45) is -0.609. The number of aliphatic carboxylic acids is 3. The maximum atomic E-state index is 10.7. The van der Waals surface area contributed by atoms with Crippen molar-refractivity contribution in [1.82, 2.24) is 0 Å². The molecule has 7 nitrogen and oxygen atoms in total. The largest absolute Gasteiger partial charge is 0.481 e. The minimum Gasteiger partial charge on any atom is -0.481 e. The van der Waals surface area contributed by atoms with E-state index in [4.69, 9.17) is 17.4 Å². The first-order valence-corrected chi connectivity index (χ1v) is 3.28. The van der Waals surface area contributed by atoms with Crippen LogP contribution in [-0.2, 0) is 14.4 Å². The van der Waals surface area contributed by atoms with Gasteiger partial charge in [0.15, 0.2) is 5.92 Å². The summed E-state index contributed by atoms with van der Waals surface area (Å²) in [5.74, 6) is -6.05. The smallest absolute Gasteiger partial charge is 0.320 e. The Morgan fingerprint density at radius 2 is 1.77 bits per heavy atom. The van der Waals surface area contributed by atoms with Crippen LogP contribution in [0.4, 0.5) is 0 Å². The third kappa shape index (κ3) is 3.52. The second-order valence-corrected chi connectivity index (χ2v) is 2.39. The SMILES string of the molecule is [2H]OC(=O)C(C[C@H](N)C(=O)O)C(=O)O. The first kappa shape index (κ1) is 9.46. The van der Waals surface area contributed by atoms with Gasteiger partial charge in [-0.1, -0.05) is 0 Å². The zero-order chi connectivity index (χ0) is 11.3. The van der Waals surface area contributed by atoms with E-state index in [0.29, 0.717) is 0 Å². The number of rotatable bonds is 5. The van der Waals surface area contributed by atoms with Crippen LogP contribution >= 0.6 is 0 Å². The third-order valence-corrected chi connectivity index (χ3v) is 1.39. The molecule has 1 unspecified atom stereocenters. The predicted octanol–water partition coefficient (Wildman–Crippen LogP) is -1.43. The van der Waals surface area contributed by atoms with Crippen molar-refractivity contribution in [1.29, 1.82) is 1.43 Å². The van der Waals surface area contributed by atoms with E-state index >= 15 is 0 Å². The summed E-state index contributed by atoms with van der Waals surface area (Å²) in [7, 11) is 0. The van der Waals surface area contributed by atoms with Crippen molar-refractivity contribution >= 4 is 17.9 Å². The summed E-state index contributed by atoms with van der Waals surface area (Å²) in [5.41, 5.74) is 5.02. The Labute approximate surface area is 74.3 Å². The number of hydrogen-bond donors (Lipinski definition) is 4. The first-order valence-electron chi connectivity index (χ1n) is 3.69. The third-order valence-electron chi connectivity index (χ3n) is 1.39. The Hall–Kier alpha value is -1.63. The average molecular weight is 192 g/mol. The second-order valence-electron chi connectivity index (χ2n) is 2.39. The summed E-state index contributed by atoms with van der Waals surface area (Å²) < 4.78 is 6.18. The van der Waals surface area contributed by atoms with Gasteiger partial charge in [-0.2, -0.15) is 0 Å². The summed E-state index contributed by atoms with van der Waals surface area (Å²) in [5, 5.41) is 20.3. The molecule has 2 atom stereocenters. The highest BCUT2D eigenvalue weighted by Gasteiger charge is 2.30. The molecule has 0 saturated heterocycles. The normalized spacial score (nSPS) is 15.3. The lowest BCUT2D eigenvalue weighted by Crippen LogP contribution is -2.37. The van der Waals surface area contributed by atoms with Crippen molar-refractivity contribution in [3.05, 3.63) is 0 Å². The van der Waals surface area contributed by atoms with Crippen LogP contribution in [0.2, 0.25) is 0 Å². The van der Waals surface area contributed by atoms with Gasteiger partial charge in [0.1, 0.15) is 6.04 Å². The van der Waals surface area contributed by atoms with E-state index in [0.717, 1.165) is 0 Å². The molecule has 0 fully saturated rings. The lowest BCUT2D eigenvalue weighted by Gasteiger charge is -2.09. The van der Waals surface area contributed by atoms with Crippen LogP contribution in [0.25, 0.3) is 1.43 Å². The zero-order valence-corrected chi connectivity index (χ0v) is 6.47. The molecule has 7 heteroatoms. The molecule has 0 aliphatic carbocycles. The molecule has 0 rings (SSSR count). The molecule has 0 aromatic heterocycles. The fourth-order valence-corrected chi connectivity index (χ4v) is 0.653. The van der Waals surface area contributed by atoms with Gasteiger partial charge < -0.3 is 21.1 Å². The van der Waals surface area contributed by atoms with Gasteiger partial charge in [-0.25, -0.2) is 0 Å². The molecule has 0 heterocycles. The lowest BCUT2D eigenvalue weighted by molar-refractivity contribution is -0.155. The van der Waals surface area contributed by atoms with Crippen LogP contribution in [0.3, 0.4) is 0 Å². The van der Waals surface area contributed by atoms with E-state index in [2.05, 4.69) is 5.11 Å². The first-order chi connectivity index (χ1) is 6.40. The number of nitrogens with two attached hydrogens (primary N) is 1. The van der Waals surface area contributed by atoms with Crippen LogP contribution in [-0.4, -0.2) is 39.3 Å². The van der Waals surface area contributed by atoms with Crippen molar-refractivity contribution in [2.45, 2.75) is 12.5 Å². The van der Waals surface area contributed by atoms with Crippen LogP contribution in [0.15, 0.2) is 0 Å². The van der Waals surface area contributed by atoms with Gasteiger partial charge in [0.2, 0.25) is 0 Å². The molecule has 0 aromatic carbocycles. The Bertz CT molecular complexity index is 255. The van der Waals surface area contributed by atoms with E-state index < -0.39 is 36.3 Å². The van der Waals surface area contributed by atoms with Gasteiger partial charge in [-0.05, 0) is 6.42 Å². The Morgan fingerprint density at radius 3 is 2.08 bits per heavy atom. The van der Waals surface area contributed by atoms with Gasteiger partial charge in [-0.3, -0.25) is 14.4 Å². The summed E-state index contributed by atoms with van der Waals surface area (Å²) >= 11 is 0. The fourth-order valence-electron chi connectivity index (χ4n) is 0.653. The lowest BCUT2D eigenvalue weighted by atomic mass is 10.0. The van der Waals surface area contributed by atoms with Crippen LogP contribution < -0.4 is 5.73 Å². The van der Waals surface area contributed by atoms with Gasteiger partial charge in [0.25, 0.3) is 1.43 Å². The molecule has 0 aromatic rings. The van der Waals surface area contributed by atoms with Crippen molar-refractivity contribution in [3.8, 4) is 0 Å². The predicted molar refractivity (Wildman–Crippen MR) is 39.0 cm³/mol. The van der Waals surface area contributed by atoms with Crippen LogP contribution in [0.5, 0.6) is 0 Å². The van der Waals surface area contributed by atoms with Crippen molar-refractivity contribution < 1.29 is 29.7 Å². The van der Waals surface area contributed by atoms with Crippen LogP contribution in [0, 0.1) is 5.92 Å². The molecule has 5 N–H and O–H groups in total. The standard InChI is InChI=1S/C6H9NO6/c7-3(6(12)13)1-2(4(8)9)5(10)11/h2-3H,1,7H2,(H,8,9)(H,10,11)(H,12,13)/t3-/m0/s1/i/hD. The number of hydrogen-bond acceptors (Lipinski definition) is 5. The van der Waals surface area contributed by atoms with Gasteiger partial charge in [-0.15, -0.1) is 0 Å².